The molecule has 0 aliphatic rings. The van der Waals surface area contributed by atoms with E-state index in [0.29, 0.717) is 12.4 Å². The second kappa shape index (κ2) is 3.97. The van der Waals surface area contributed by atoms with Gasteiger partial charge in [-0.25, -0.2) is 4.98 Å². The van der Waals surface area contributed by atoms with Gasteiger partial charge in [0.1, 0.15) is 18.2 Å². The SMILES string of the molecule is Nc1ccc(Cn2cc([N+](=O)[O-])cn2)cn1. The number of anilines is 1. The number of hydrogen-bond acceptors (Lipinski definition) is 5. The van der Waals surface area contributed by atoms with Gasteiger partial charge in [-0.2, -0.15) is 5.10 Å². The number of aromatic nitrogens is 3. The molecule has 16 heavy (non-hydrogen) atoms. The van der Waals surface area contributed by atoms with Gasteiger partial charge in [0.2, 0.25) is 0 Å². The average molecular weight is 219 g/mol. The fraction of sp³-hybridized carbons (Fsp3) is 0.111. The third-order valence-corrected chi connectivity index (χ3v) is 2.02. The zero-order valence-corrected chi connectivity index (χ0v) is 8.28. The minimum absolute atomic E-state index is 0.0246. The molecule has 7 nitrogen and oxygen atoms in total. The summed E-state index contributed by atoms with van der Waals surface area (Å²) in [6, 6.07) is 3.48. The van der Waals surface area contributed by atoms with Gasteiger partial charge in [-0.05, 0) is 11.6 Å². The van der Waals surface area contributed by atoms with Gasteiger partial charge >= 0.3 is 5.69 Å². The topological polar surface area (TPSA) is 99.9 Å². The Bertz CT molecular complexity index is 505. The van der Waals surface area contributed by atoms with Crippen molar-refractivity contribution < 1.29 is 4.92 Å². The second-order valence-electron chi connectivity index (χ2n) is 3.24. The largest absolute Gasteiger partial charge is 0.384 e. The molecule has 0 saturated heterocycles. The smallest absolute Gasteiger partial charge is 0.307 e. The summed E-state index contributed by atoms with van der Waals surface area (Å²) in [6.45, 7) is 0.432. The third-order valence-electron chi connectivity index (χ3n) is 2.02. The highest BCUT2D eigenvalue weighted by Crippen LogP contribution is 2.10. The molecule has 2 aromatic rings. The van der Waals surface area contributed by atoms with Crippen LogP contribution in [0.2, 0.25) is 0 Å². The molecular weight excluding hydrogens is 210 g/mol. The van der Waals surface area contributed by atoms with Crippen LogP contribution in [-0.2, 0) is 6.54 Å². The van der Waals surface area contributed by atoms with E-state index >= 15 is 0 Å². The lowest BCUT2D eigenvalue weighted by molar-refractivity contribution is -0.385. The molecule has 82 valence electrons. The Morgan fingerprint density at radius 1 is 1.44 bits per heavy atom. The quantitative estimate of drug-likeness (QED) is 0.608. The van der Waals surface area contributed by atoms with Crippen LogP contribution in [0.4, 0.5) is 11.5 Å². The van der Waals surface area contributed by atoms with E-state index in [1.54, 1.807) is 18.3 Å². The number of nitrogens with zero attached hydrogens (tertiary/aromatic N) is 4. The van der Waals surface area contributed by atoms with E-state index in [0.717, 1.165) is 5.56 Å². The zero-order valence-electron chi connectivity index (χ0n) is 8.28. The van der Waals surface area contributed by atoms with Crippen molar-refractivity contribution >= 4 is 11.5 Å². The molecule has 0 fully saturated rings. The molecule has 0 spiro atoms. The highest BCUT2D eigenvalue weighted by atomic mass is 16.6. The van der Waals surface area contributed by atoms with Crippen LogP contribution in [0.5, 0.6) is 0 Å². The summed E-state index contributed by atoms with van der Waals surface area (Å²) in [4.78, 5) is 13.9. The molecule has 0 aliphatic heterocycles. The highest BCUT2D eigenvalue weighted by molar-refractivity contribution is 5.29. The number of hydrogen-bond donors (Lipinski definition) is 1. The summed E-state index contributed by atoms with van der Waals surface area (Å²) < 4.78 is 1.48. The average Bonchev–Trinajstić information content (AvgIpc) is 2.70. The molecule has 0 bridgehead atoms. The number of rotatable bonds is 3. The summed E-state index contributed by atoms with van der Waals surface area (Å²) in [6.07, 6.45) is 4.20. The normalized spacial score (nSPS) is 10.2. The lowest BCUT2D eigenvalue weighted by Gasteiger charge is -2.00. The Balaban J connectivity index is 2.14. The lowest BCUT2D eigenvalue weighted by Crippen LogP contribution is -2.01. The van der Waals surface area contributed by atoms with Crippen LogP contribution < -0.4 is 5.73 Å². The first-order chi connectivity index (χ1) is 7.65. The van der Waals surface area contributed by atoms with Crippen LogP contribution in [0.25, 0.3) is 0 Å². The van der Waals surface area contributed by atoms with Gasteiger partial charge in [-0.1, -0.05) is 6.07 Å². The Kier molecular flexibility index (Phi) is 2.50. The maximum absolute atomic E-state index is 10.4. The number of nitrogens with two attached hydrogens (primary N) is 1. The molecular formula is C9H9N5O2. The van der Waals surface area contributed by atoms with Crippen LogP contribution in [0.1, 0.15) is 5.56 Å². The number of pyridine rings is 1. The molecule has 2 aromatic heterocycles. The van der Waals surface area contributed by atoms with Gasteiger partial charge in [0.05, 0.1) is 11.5 Å². The number of nitrogen functional groups attached to an aromatic ring is 1. The molecule has 0 saturated carbocycles. The predicted molar refractivity (Wildman–Crippen MR) is 56.6 cm³/mol. The van der Waals surface area contributed by atoms with E-state index < -0.39 is 4.92 Å². The molecule has 2 N–H and O–H groups in total. The summed E-state index contributed by atoms with van der Waals surface area (Å²) in [5, 5.41) is 14.3. The van der Waals surface area contributed by atoms with Gasteiger partial charge < -0.3 is 5.73 Å². The Labute approximate surface area is 90.7 Å². The Hall–Kier alpha value is -2.44. The molecule has 0 amide bonds. The van der Waals surface area contributed by atoms with Crippen molar-refractivity contribution in [3.63, 3.8) is 0 Å². The van der Waals surface area contributed by atoms with E-state index in [9.17, 15) is 10.1 Å². The van der Waals surface area contributed by atoms with Crippen LogP contribution in [0.3, 0.4) is 0 Å². The molecule has 0 aromatic carbocycles. The van der Waals surface area contributed by atoms with Gasteiger partial charge in [0, 0.05) is 6.20 Å². The van der Waals surface area contributed by atoms with E-state index in [1.165, 1.54) is 17.1 Å². The fourth-order valence-corrected chi connectivity index (χ4v) is 1.25. The Morgan fingerprint density at radius 3 is 2.81 bits per heavy atom. The Morgan fingerprint density at radius 2 is 2.25 bits per heavy atom. The fourth-order valence-electron chi connectivity index (χ4n) is 1.25. The highest BCUT2D eigenvalue weighted by Gasteiger charge is 2.08. The first kappa shape index (κ1) is 10.1. The first-order valence-corrected chi connectivity index (χ1v) is 4.52. The van der Waals surface area contributed by atoms with Crippen molar-refractivity contribution in [2.24, 2.45) is 0 Å². The zero-order chi connectivity index (χ0) is 11.5. The summed E-state index contributed by atoms with van der Waals surface area (Å²) in [5.74, 6) is 0.440. The van der Waals surface area contributed by atoms with E-state index in [-0.39, 0.29) is 5.69 Å². The van der Waals surface area contributed by atoms with Crippen molar-refractivity contribution in [1.29, 1.82) is 0 Å². The molecule has 0 radical (unpaired) electrons. The summed E-state index contributed by atoms with van der Waals surface area (Å²) in [5.41, 5.74) is 6.30. The van der Waals surface area contributed by atoms with Crippen LogP contribution in [0.15, 0.2) is 30.7 Å². The van der Waals surface area contributed by atoms with Crippen LogP contribution >= 0.6 is 0 Å². The molecule has 0 aliphatic carbocycles. The van der Waals surface area contributed by atoms with Crippen molar-refractivity contribution in [2.75, 3.05) is 5.73 Å². The van der Waals surface area contributed by atoms with Crippen molar-refractivity contribution in [3.05, 3.63) is 46.4 Å². The van der Waals surface area contributed by atoms with Gasteiger partial charge in [0.25, 0.3) is 0 Å². The monoisotopic (exact) mass is 219 g/mol. The molecule has 7 heteroatoms. The van der Waals surface area contributed by atoms with Crippen molar-refractivity contribution in [3.8, 4) is 0 Å². The van der Waals surface area contributed by atoms with Crippen LogP contribution in [-0.4, -0.2) is 19.7 Å². The van der Waals surface area contributed by atoms with E-state index in [4.69, 9.17) is 5.73 Å². The molecule has 2 rings (SSSR count). The van der Waals surface area contributed by atoms with Gasteiger partial charge in [-0.3, -0.25) is 14.8 Å². The van der Waals surface area contributed by atoms with E-state index in [1.807, 2.05) is 0 Å². The minimum Gasteiger partial charge on any atom is -0.384 e. The van der Waals surface area contributed by atoms with Crippen LogP contribution in [0, 0.1) is 10.1 Å². The van der Waals surface area contributed by atoms with Gasteiger partial charge in [-0.15, -0.1) is 0 Å². The van der Waals surface area contributed by atoms with Gasteiger partial charge in [0.15, 0.2) is 0 Å². The minimum atomic E-state index is -0.481. The maximum Gasteiger partial charge on any atom is 0.307 e. The predicted octanol–water partition coefficient (Wildman–Crippen LogP) is 0.817. The van der Waals surface area contributed by atoms with Crippen molar-refractivity contribution in [1.82, 2.24) is 14.8 Å². The molecule has 2 heterocycles. The third kappa shape index (κ3) is 2.14. The number of nitro groups is 1. The first-order valence-electron chi connectivity index (χ1n) is 4.52. The lowest BCUT2D eigenvalue weighted by atomic mass is 10.3. The summed E-state index contributed by atoms with van der Waals surface area (Å²) >= 11 is 0. The van der Waals surface area contributed by atoms with Crippen molar-refractivity contribution in [2.45, 2.75) is 6.54 Å². The maximum atomic E-state index is 10.4. The molecule has 0 atom stereocenters. The van der Waals surface area contributed by atoms with E-state index in [2.05, 4.69) is 10.1 Å². The molecule has 0 unspecified atom stereocenters. The summed E-state index contributed by atoms with van der Waals surface area (Å²) in [7, 11) is 0. The standard InChI is InChI=1S/C9H9N5O2/c10-9-2-1-7(3-11-9)5-13-6-8(4-12-13)14(15)16/h1-4,6H,5H2,(H2,10,11). The second-order valence-corrected chi connectivity index (χ2v) is 3.24.